The molecule has 0 saturated carbocycles. The van der Waals surface area contributed by atoms with Gasteiger partial charge in [-0.1, -0.05) is 0 Å². The summed E-state index contributed by atoms with van der Waals surface area (Å²) in [4.78, 5) is 18.6. The van der Waals surface area contributed by atoms with Gasteiger partial charge in [0, 0.05) is 31.8 Å². The Bertz CT molecular complexity index is 359. The van der Waals surface area contributed by atoms with Crippen molar-refractivity contribution in [3.05, 3.63) is 16.1 Å². The molecule has 0 spiro atoms. The van der Waals surface area contributed by atoms with Crippen molar-refractivity contribution in [2.45, 2.75) is 19.6 Å². The number of hydrogen-bond donors (Lipinski definition) is 1. The van der Waals surface area contributed by atoms with Crippen LogP contribution in [0.25, 0.3) is 0 Å². The Labute approximate surface area is 124 Å². The molecule has 2 N–H and O–H groups in total. The quantitative estimate of drug-likeness (QED) is 0.887. The summed E-state index contributed by atoms with van der Waals surface area (Å²) in [6.07, 6.45) is 1.23. The fourth-order valence-corrected chi connectivity index (χ4v) is 2.18. The average Bonchev–Trinajstić information content (AvgIpc) is 2.65. The number of thiazole rings is 1. The molecule has 1 amide bonds. The molecule has 0 aliphatic carbocycles. The summed E-state index contributed by atoms with van der Waals surface area (Å²) < 4.78 is 5.00. The molecule has 8 heteroatoms. The fraction of sp³-hybridized carbons (Fsp3) is 0.600. The molecule has 1 heterocycles. The van der Waals surface area contributed by atoms with Crippen LogP contribution in [0.1, 0.15) is 9.88 Å². The van der Waals surface area contributed by atoms with Gasteiger partial charge in [-0.25, -0.2) is 4.98 Å². The van der Waals surface area contributed by atoms with Gasteiger partial charge in [0.15, 0.2) is 0 Å². The molecule has 0 aliphatic heterocycles. The highest BCUT2D eigenvalue weighted by Gasteiger charge is 2.20. The minimum atomic E-state index is -0.556. The van der Waals surface area contributed by atoms with Crippen LogP contribution in [0.15, 0.2) is 6.20 Å². The van der Waals surface area contributed by atoms with Gasteiger partial charge >= 0.3 is 0 Å². The molecule has 18 heavy (non-hydrogen) atoms. The smallest absolute Gasteiger partial charge is 0.253 e. The number of carbonyl (C=O) groups excluding carboxylic acids is 1. The predicted octanol–water partition coefficient (Wildman–Crippen LogP) is 1.23. The molecular formula is C10H19Cl2N3O2S. The van der Waals surface area contributed by atoms with Gasteiger partial charge < -0.3 is 15.4 Å². The van der Waals surface area contributed by atoms with Crippen LogP contribution in [-0.2, 0) is 16.1 Å². The number of rotatable bonds is 5. The number of amides is 1. The maximum Gasteiger partial charge on any atom is 0.253 e. The molecule has 1 unspecified atom stereocenters. The number of ether oxygens (including phenoxy) is 1. The van der Waals surface area contributed by atoms with Crippen molar-refractivity contribution >= 4 is 42.1 Å². The van der Waals surface area contributed by atoms with E-state index in [0.717, 1.165) is 9.88 Å². The van der Waals surface area contributed by atoms with Crippen LogP contribution in [0, 0.1) is 6.92 Å². The Hall–Kier alpha value is -0.400. The second-order valence-electron chi connectivity index (χ2n) is 3.50. The molecule has 1 aromatic rings. The Balaban J connectivity index is 0. The number of carbonyl (C=O) groups is 1. The summed E-state index contributed by atoms with van der Waals surface area (Å²) in [6.45, 7) is 2.68. The lowest BCUT2D eigenvalue weighted by Gasteiger charge is -2.21. The minimum Gasteiger partial charge on any atom is -0.370 e. The predicted molar refractivity (Wildman–Crippen MR) is 77.7 cm³/mol. The van der Waals surface area contributed by atoms with E-state index in [1.807, 2.05) is 6.92 Å². The van der Waals surface area contributed by atoms with E-state index in [1.54, 1.807) is 29.5 Å². The van der Waals surface area contributed by atoms with Crippen molar-refractivity contribution in [3.63, 3.8) is 0 Å². The third-order valence-electron chi connectivity index (χ3n) is 2.21. The number of halogens is 2. The average molecular weight is 316 g/mol. The molecule has 5 nitrogen and oxygen atoms in total. The Kier molecular flexibility index (Phi) is 10.5. The zero-order chi connectivity index (χ0) is 12.1. The summed E-state index contributed by atoms with van der Waals surface area (Å²) in [6, 6.07) is 0. The highest BCUT2D eigenvalue weighted by atomic mass is 35.5. The van der Waals surface area contributed by atoms with Crippen molar-refractivity contribution in [1.82, 2.24) is 9.88 Å². The molecule has 0 aromatic carbocycles. The van der Waals surface area contributed by atoms with Crippen molar-refractivity contribution in [3.8, 4) is 0 Å². The van der Waals surface area contributed by atoms with Gasteiger partial charge in [-0.15, -0.1) is 36.2 Å². The molecule has 106 valence electrons. The van der Waals surface area contributed by atoms with E-state index in [4.69, 9.17) is 10.5 Å². The first-order valence-electron chi connectivity index (χ1n) is 4.97. The van der Waals surface area contributed by atoms with E-state index in [2.05, 4.69) is 4.98 Å². The van der Waals surface area contributed by atoms with E-state index >= 15 is 0 Å². The van der Waals surface area contributed by atoms with E-state index in [9.17, 15) is 4.79 Å². The van der Waals surface area contributed by atoms with Gasteiger partial charge in [0.25, 0.3) is 5.91 Å². The molecule has 0 bridgehead atoms. The highest BCUT2D eigenvalue weighted by Crippen LogP contribution is 2.13. The first-order chi connectivity index (χ1) is 7.58. The first-order valence-corrected chi connectivity index (χ1v) is 5.79. The topological polar surface area (TPSA) is 68.5 Å². The monoisotopic (exact) mass is 315 g/mol. The third kappa shape index (κ3) is 5.49. The van der Waals surface area contributed by atoms with Crippen LogP contribution in [0.4, 0.5) is 0 Å². The number of nitrogens with two attached hydrogens (primary N) is 1. The van der Waals surface area contributed by atoms with Crippen LogP contribution in [0.3, 0.4) is 0 Å². The van der Waals surface area contributed by atoms with E-state index in [-0.39, 0.29) is 37.3 Å². The van der Waals surface area contributed by atoms with Crippen LogP contribution in [0.5, 0.6) is 0 Å². The number of hydrogen-bond acceptors (Lipinski definition) is 5. The molecule has 0 saturated heterocycles. The second-order valence-corrected chi connectivity index (χ2v) is 4.82. The number of nitrogens with zero attached hydrogens (tertiary/aromatic N) is 2. The van der Waals surface area contributed by atoms with Crippen LogP contribution >= 0.6 is 36.2 Å². The number of likely N-dealkylation sites (N-methyl/N-ethyl adjacent to an activating group) is 1. The Morgan fingerprint density at radius 2 is 2.22 bits per heavy atom. The van der Waals surface area contributed by atoms with E-state index < -0.39 is 6.10 Å². The Morgan fingerprint density at radius 3 is 2.61 bits per heavy atom. The van der Waals surface area contributed by atoms with Crippen molar-refractivity contribution < 1.29 is 9.53 Å². The Morgan fingerprint density at radius 1 is 1.61 bits per heavy atom. The third-order valence-corrected chi connectivity index (χ3v) is 3.11. The summed E-state index contributed by atoms with van der Waals surface area (Å²) in [7, 11) is 3.22. The first kappa shape index (κ1) is 19.9. The van der Waals surface area contributed by atoms with Crippen molar-refractivity contribution in [1.29, 1.82) is 0 Å². The fourth-order valence-electron chi connectivity index (χ4n) is 1.33. The molecule has 1 aromatic heterocycles. The lowest BCUT2D eigenvalue weighted by Crippen LogP contribution is -2.41. The normalized spacial score (nSPS) is 11.1. The van der Waals surface area contributed by atoms with Crippen molar-refractivity contribution in [2.24, 2.45) is 5.73 Å². The molecule has 0 radical (unpaired) electrons. The molecular weight excluding hydrogens is 297 g/mol. The number of aryl methyl sites for hydroxylation is 1. The van der Waals surface area contributed by atoms with Gasteiger partial charge in [0.05, 0.1) is 11.6 Å². The van der Waals surface area contributed by atoms with Gasteiger partial charge in [-0.05, 0) is 6.92 Å². The summed E-state index contributed by atoms with van der Waals surface area (Å²) in [5.74, 6) is -0.101. The lowest BCUT2D eigenvalue weighted by molar-refractivity contribution is -0.140. The molecule has 1 atom stereocenters. The van der Waals surface area contributed by atoms with Gasteiger partial charge in [0.2, 0.25) is 0 Å². The standard InChI is InChI=1S/C10H17N3O2S.2ClH/c1-7-12-5-8(16-7)6-13(2)10(14)9(4-11)15-3;;/h5,9H,4,6,11H2,1-3H3;2*1H. The van der Waals surface area contributed by atoms with Gasteiger partial charge in [-0.3, -0.25) is 4.79 Å². The number of methoxy groups -OCH3 is 1. The summed E-state index contributed by atoms with van der Waals surface area (Å²) >= 11 is 1.58. The van der Waals surface area contributed by atoms with Crippen LogP contribution in [0.2, 0.25) is 0 Å². The van der Waals surface area contributed by atoms with Gasteiger partial charge in [-0.2, -0.15) is 0 Å². The van der Waals surface area contributed by atoms with Crippen molar-refractivity contribution in [2.75, 3.05) is 20.7 Å². The zero-order valence-corrected chi connectivity index (χ0v) is 13.0. The number of aromatic nitrogens is 1. The summed E-state index contributed by atoms with van der Waals surface area (Å²) in [5, 5.41) is 0.998. The van der Waals surface area contributed by atoms with E-state index in [1.165, 1.54) is 7.11 Å². The lowest BCUT2D eigenvalue weighted by atomic mass is 10.3. The molecule has 0 aliphatic rings. The largest absolute Gasteiger partial charge is 0.370 e. The SMILES string of the molecule is COC(CN)C(=O)N(C)Cc1cnc(C)s1.Cl.Cl. The molecule has 0 fully saturated rings. The van der Waals surface area contributed by atoms with Crippen LogP contribution < -0.4 is 5.73 Å². The van der Waals surface area contributed by atoms with Gasteiger partial charge in [0.1, 0.15) is 6.10 Å². The van der Waals surface area contributed by atoms with Crippen LogP contribution in [-0.4, -0.2) is 42.6 Å². The zero-order valence-electron chi connectivity index (χ0n) is 10.6. The molecule has 1 rings (SSSR count). The minimum absolute atomic E-state index is 0. The maximum absolute atomic E-state index is 11.8. The second kappa shape index (κ2) is 9.52. The summed E-state index contributed by atoms with van der Waals surface area (Å²) in [5.41, 5.74) is 5.44. The van der Waals surface area contributed by atoms with E-state index in [0.29, 0.717) is 6.54 Å². The maximum atomic E-state index is 11.8. The highest BCUT2D eigenvalue weighted by molar-refractivity contribution is 7.11.